The number of fused-ring (bicyclic) bond motifs is 2. The molecule has 1 amide bonds. The number of hydrogen-bond donors (Lipinski definition) is 0. The summed E-state index contributed by atoms with van der Waals surface area (Å²) in [5.74, 6) is 1.13. The van der Waals surface area contributed by atoms with Gasteiger partial charge in [0.2, 0.25) is 5.91 Å². The summed E-state index contributed by atoms with van der Waals surface area (Å²) in [6.45, 7) is 3.68. The Balaban J connectivity index is 1.48. The van der Waals surface area contributed by atoms with Gasteiger partial charge in [-0.2, -0.15) is 11.3 Å². The molecule has 1 saturated heterocycles. The number of nitrogens with zero attached hydrogens (tertiary/aromatic N) is 3. The zero-order valence-corrected chi connectivity index (χ0v) is 14.9. The number of carbonyl (C=O) groups excluding carboxylic acids is 1. The number of aromatic nitrogens is 2. The van der Waals surface area contributed by atoms with Crippen LogP contribution in [-0.2, 0) is 23.1 Å². The zero-order valence-electron chi connectivity index (χ0n) is 14.1. The highest BCUT2D eigenvalue weighted by molar-refractivity contribution is 7.07. The maximum atomic E-state index is 12.7. The van der Waals surface area contributed by atoms with E-state index in [1.807, 2.05) is 13.1 Å². The molecule has 2 aromatic heterocycles. The number of rotatable bonds is 3. The third-order valence-corrected chi connectivity index (χ3v) is 6.23. The number of aryl methyl sites for hydroxylation is 3. The normalized spacial score (nSPS) is 22.8. The average Bonchev–Trinajstić information content (AvgIpc) is 3.22. The fourth-order valence-corrected chi connectivity index (χ4v) is 4.92. The molecule has 126 valence electrons. The fraction of sp³-hybridized carbons (Fsp3) is 0.526. The first-order valence-corrected chi connectivity index (χ1v) is 9.72. The van der Waals surface area contributed by atoms with E-state index in [9.17, 15) is 4.79 Å². The molecule has 0 aromatic carbocycles. The van der Waals surface area contributed by atoms with Gasteiger partial charge in [0.1, 0.15) is 5.82 Å². The fourth-order valence-electron chi connectivity index (χ4n) is 4.22. The van der Waals surface area contributed by atoms with Crippen molar-refractivity contribution in [1.82, 2.24) is 14.9 Å². The SMILES string of the molecule is Cc1ncc2c(n1)C1(CCCN(C(=O)CCc3ccsc3)C1)CC2. The minimum absolute atomic E-state index is 0.0688. The van der Waals surface area contributed by atoms with Gasteiger partial charge >= 0.3 is 0 Å². The first-order valence-electron chi connectivity index (χ1n) is 8.78. The smallest absolute Gasteiger partial charge is 0.222 e. The second-order valence-corrected chi connectivity index (χ2v) is 7.90. The number of likely N-dealkylation sites (tertiary alicyclic amines) is 1. The van der Waals surface area contributed by atoms with Crippen molar-refractivity contribution in [2.24, 2.45) is 0 Å². The van der Waals surface area contributed by atoms with Crippen LogP contribution < -0.4 is 0 Å². The lowest BCUT2D eigenvalue weighted by Crippen LogP contribution is -2.48. The molecule has 1 aliphatic heterocycles. The van der Waals surface area contributed by atoms with Crippen LogP contribution in [0.4, 0.5) is 0 Å². The van der Waals surface area contributed by atoms with E-state index in [1.54, 1.807) is 11.3 Å². The molecule has 1 spiro atoms. The third kappa shape index (κ3) is 2.86. The minimum atomic E-state index is 0.0688. The monoisotopic (exact) mass is 341 g/mol. The van der Waals surface area contributed by atoms with E-state index in [-0.39, 0.29) is 5.41 Å². The van der Waals surface area contributed by atoms with E-state index in [0.717, 1.165) is 51.0 Å². The Kier molecular flexibility index (Phi) is 4.12. The van der Waals surface area contributed by atoms with Gasteiger partial charge in [0.15, 0.2) is 0 Å². The molecule has 2 aromatic rings. The molecule has 4 rings (SSSR count). The highest BCUT2D eigenvalue weighted by Gasteiger charge is 2.44. The van der Waals surface area contributed by atoms with Crippen molar-refractivity contribution in [2.75, 3.05) is 13.1 Å². The Morgan fingerprint density at radius 2 is 2.33 bits per heavy atom. The lowest BCUT2D eigenvalue weighted by molar-refractivity contribution is -0.133. The van der Waals surface area contributed by atoms with E-state index >= 15 is 0 Å². The predicted molar refractivity (Wildman–Crippen MR) is 95.2 cm³/mol. The molecule has 0 saturated carbocycles. The first-order chi connectivity index (χ1) is 11.7. The molecule has 24 heavy (non-hydrogen) atoms. The van der Waals surface area contributed by atoms with Gasteiger partial charge in [-0.15, -0.1) is 0 Å². The second kappa shape index (κ2) is 6.28. The van der Waals surface area contributed by atoms with Gasteiger partial charge < -0.3 is 4.90 Å². The molecule has 3 heterocycles. The van der Waals surface area contributed by atoms with Crippen LogP contribution in [0.25, 0.3) is 0 Å². The van der Waals surface area contributed by atoms with Crippen molar-refractivity contribution in [1.29, 1.82) is 0 Å². The summed E-state index contributed by atoms with van der Waals surface area (Å²) in [5, 5.41) is 4.21. The van der Waals surface area contributed by atoms with Crippen LogP contribution >= 0.6 is 11.3 Å². The number of hydrogen-bond acceptors (Lipinski definition) is 4. The van der Waals surface area contributed by atoms with Gasteiger partial charge in [0.25, 0.3) is 0 Å². The topological polar surface area (TPSA) is 46.1 Å². The Morgan fingerprint density at radius 1 is 1.42 bits per heavy atom. The molecule has 1 unspecified atom stereocenters. The van der Waals surface area contributed by atoms with Crippen LogP contribution in [0.3, 0.4) is 0 Å². The van der Waals surface area contributed by atoms with E-state index in [0.29, 0.717) is 12.3 Å². The quantitative estimate of drug-likeness (QED) is 0.861. The lowest BCUT2D eigenvalue weighted by Gasteiger charge is -2.40. The molecule has 0 N–H and O–H groups in total. The number of amides is 1. The summed E-state index contributed by atoms with van der Waals surface area (Å²) in [7, 11) is 0. The maximum Gasteiger partial charge on any atom is 0.222 e. The van der Waals surface area contributed by atoms with Crippen molar-refractivity contribution < 1.29 is 4.79 Å². The molecule has 0 radical (unpaired) electrons. The largest absolute Gasteiger partial charge is 0.342 e. The summed E-state index contributed by atoms with van der Waals surface area (Å²) in [6.07, 6.45) is 7.83. The molecule has 0 bridgehead atoms. The van der Waals surface area contributed by atoms with E-state index in [1.165, 1.54) is 16.8 Å². The van der Waals surface area contributed by atoms with Crippen molar-refractivity contribution in [3.63, 3.8) is 0 Å². The van der Waals surface area contributed by atoms with Crippen LogP contribution in [0.15, 0.2) is 23.0 Å². The third-order valence-electron chi connectivity index (χ3n) is 5.50. The number of thiophene rings is 1. The van der Waals surface area contributed by atoms with Gasteiger partial charge in [-0.3, -0.25) is 4.79 Å². The van der Waals surface area contributed by atoms with Gasteiger partial charge in [0, 0.05) is 31.1 Å². The molecule has 4 nitrogen and oxygen atoms in total. The molecule has 2 aliphatic rings. The second-order valence-electron chi connectivity index (χ2n) is 7.12. The Hall–Kier alpha value is -1.75. The van der Waals surface area contributed by atoms with Crippen molar-refractivity contribution >= 4 is 17.2 Å². The van der Waals surface area contributed by atoms with Gasteiger partial charge in [-0.05, 0) is 67.0 Å². The van der Waals surface area contributed by atoms with Crippen molar-refractivity contribution in [2.45, 2.75) is 50.9 Å². The molecule has 1 aliphatic carbocycles. The summed E-state index contributed by atoms with van der Waals surface area (Å²) in [4.78, 5) is 23.9. The molecule has 5 heteroatoms. The number of carbonyl (C=O) groups is 1. The summed E-state index contributed by atoms with van der Waals surface area (Å²) >= 11 is 1.70. The Bertz CT molecular complexity index is 739. The van der Waals surface area contributed by atoms with Gasteiger partial charge in [0.05, 0.1) is 5.69 Å². The number of piperidine rings is 1. The lowest BCUT2D eigenvalue weighted by atomic mass is 9.77. The summed E-state index contributed by atoms with van der Waals surface area (Å²) < 4.78 is 0. The average molecular weight is 341 g/mol. The minimum Gasteiger partial charge on any atom is -0.342 e. The zero-order chi connectivity index (χ0) is 16.6. The van der Waals surface area contributed by atoms with Gasteiger partial charge in [-0.25, -0.2) is 9.97 Å². The highest BCUT2D eigenvalue weighted by Crippen LogP contribution is 2.43. The first kappa shape index (κ1) is 15.8. The maximum absolute atomic E-state index is 12.7. The van der Waals surface area contributed by atoms with Gasteiger partial charge in [-0.1, -0.05) is 0 Å². The van der Waals surface area contributed by atoms with Crippen molar-refractivity contribution in [3.05, 3.63) is 45.7 Å². The molecule has 1 atom stereocenters. The summed E-state index contributed by atoms with van der Waals surface area (Å²) in [5.41, 5.74) is 3.84. The van der Waals surface area contributed by atoms with Crippen LogP contribution in [0, 0.1) is 6.92 Å². The standard InChI is InChI=1S/C19H23N3OS/c1-14-20-11-16-5-8-19(18(16)21-14)7-2-9-22(13-19)17(23)4-3-15-6-10-24-12-15/h6,10-12H,2-5,7-9,13H2,1H3. The Morgan fingerprint density at radius 3 is 3.17 bits per heavy atom. The highest BCUT2D eigenvalue weighted by atomic mass is 32.1. The van der Waals surface area contributed by atoms with Crippen LogP contribution in [0.2, 0.25) is 0 Å². The van der Waals surface area contributed by atoms with Crippen LogP contribution in [0.1, 0.15) is 48.3 Å². The molecular weight excluding hydrogens is 318 g/mol. The molecule has 1 fully saturated rings. The predicted octanol–water partition coefficient (Wildman–Crippen LogP) is 3.29. The van der Waals surface area contributed by atoms with E-state index < -0.39 is 0 Å². The van der Waals surface area contributed by atoms with E-state index in [2.05, 4.69) is 26.7 Å². The van der Waals surface area contributed by atoms with Crippen LogP contribution in [-0.4, -0.2) is 33.9 Å². The summed E-state index contributed by atoms with van der Waals surface area (Å²) in [6, 6.07) is 2.11. The van der Waals surface area contributed by atoms with Crippen LogP contribution in [0.5, 0.6) is 0 Å². The molecular formula is C19H23N3OS. The van der Waals surface area contributed by atoms with Crippen molar-refractivity contribution in [3.8, 4) is 0 Å². The Labute approximate surface area is 146 Å². The van der Waals surface area contributed by atoms with E-state index in [4.69, 9.17) is 4.98 Å².